The van der Waals surface area contributed by atoms with Crippen molar-refractivity contribution in [3.8, 4) is 5.75 Å². The zero-order valence-corrected chi connectivity index (χ0v) is 10.9. The molecule has 0 aliphatic carbocycles. The van der Waals surface area contributed by atoms with Crippen molar-refractivity contribution in [2.75, 3.05) is 20.2 Å². The normalized spacial score (nSPS) is 20.2. The van der Waals surface area contributed by atoms with Crippen molar-refractivity contribution in [2.45, 2.75) is 19.4 Å². The first-order valence-electron chi connectivity index (χ1n) is 6.38. The molecule has 0 bridgehead atoms. The molecule has 104 valence electrons. The van der Waals surface area contributed by atoms with Crippen LogP contribution in [-0.4, -0.2) is 36.2 Å². The van der Waals surface area contributed by atoms with E-state index >= 15 is 0 Å². The standard InChI is InChI=1S/C14H18FNO3/c1-19-13-6-2-5-12(15)11(13)9-16-7-3-4-10(8-16)14(17)18/h2,5-6,10H,3-4,7-9H2,1H3,(H,17,18). The summed E-state index contributed by atoms with van der Waals surface area (Å²) in [5.74, 6) is -0.925. The van der Waals surface area contributed by atoms with Crippen LogP contribution in [0.5, 0.6) is 5.75 Å². The Morgan fingerprint density at radius 3 is 3.05 bits per heavy atom. The molecule has 1 aromatic rings. The highest BCUT2D eigenvalue weighted by molar-refractivity contribution is 5.70. The average Bonchev–Trinajstić information content (AvgIpc) is 2.41. The Hall–Kier alpha value is -1.62. The molecule has 1 aliphatic heterocycles. The molecule has 1 unspecified atom stereocenters. The van der Waals surface area contributed by atoms with Gasteiger partial charge in [-0.25, -0.2) is 4.39 Å². The van der Waals surface area contributed by atoms with Gasteiger partial charge >= 0.3 is 5.97 Å². The molecule has 0 saturated carbocycles. The fraction of sp³-hybridized carbons (Fsp3) is 0.500. The van der Waals surface area contributed by atoms with Crippen LogP contribution in [0, 0.1) is 11.7 Å². The number of carboxylic acid groups (broad SMARTS) is 1. The monoisotopic (exact) mass is 267 g/mol. The lowest BCUT2D eigenvalue weighted by Gasteiger charge is -2.31. The van der Waals surface area contributed by atoms with Crippen LogP contribution in [0.4, 0.5) is 4.39 Å². The third-order valence-corrected chi connectivity index (χ3v) is 3.53. The van der Waals surface area contributed by atoms with Gasteiger partial charge in [0.25, 0.3) is 0 Å². The van der Waals surface area contributed by atoms with E-state index in [1.165, 1.54) is 13.2 Å². The maximum Gasteiger partial charge on any atom is 0.307 e. The average molecular weight is 267 g/mol. The lowest BCUT2D eigenvalue weighted by atomic mass is 9.98. The predicted octanol–water partition coefficient (Wildman–Crippen LogP) is 2.13. The van der Waals surface area contributed by atoms with Crippen molar-refractivity contribution in [2.24, 2.45) is 5.92 Å². The van der Waals surface area contributed by atoms with Crippen LogP contribution < -0.4 is 4.74 Å². The second kappa shape index (κ2) is 6.02. The minimum atomic E-state index is -0.773. The van der Waals surface area contributed by atoms with Crippen LogP contribution in [0.1, 0.15) is 18.4 Å². The highest BCUT2D eigenvalue weighted by Crippen LogP contribution is 2.25. The molecule has 5 heteroatoms. The van der Waals surface area contributed by atoms with E-state index in [2.05, 4.69) is 0 Å². The molecule has 2 rings (SSSR count). The van der Waals surface area contributed by atoms with E-state index in [9.17, 15) is 9.18 Å². The van der Waals surface area contributed by atoms with Gasteiger partial charge in [-0.1, -0.05) is 6.07 Å². The molecule has 1 fully saturated rings. The van der Waals surface area contributed by atoms with E-state index in [-0.39, 0.29) is 11.7 Å². The number of nitrogens with zero attached hydrogens (tertiary/aromatic N) is 1. The van der Waals surface area contributed by atoms with Crippen LogP contribution in [0.15, 0.2) is 18.2 Å². The van der Waals surface area contributed by atoms with Gasteiger partial charge in [0.15, 0.2) is 0 Å². The van der Waals surface area contributed by atoms with Crippen LogP contribution in [-0.2, 0) is 11.3 Å². The molecule has 1 N–H and O–H groups in total. The number of hydrogen-bond acceptors (Lipinski definition) is 3. The van der Waals surface area contributed by atoms with Gasteiger partial charge in [-0.3, -0.25) is 9.69 Å². The van der Waals surface area contributed by atoms with E-state index in [1.807, 2.05) is 4.90 Å². The van der Waals surface area contributed by atoms with E-state index in [1.54, 1.807) is 12.1 Å². The maximum absolute atomic E-state index is 13.8. The molecule has 1 aromatic carbocycles. The van der Waals surface area contributed by atoms with Crippen molar-refractivity contribution >= 4 is 5.97 Å². The zero-order chi connectivity index (χ0) is 13.8. The van der Waals surface area contributed by atoms with E-state index in [0.29, 0.717) is 30.8 Å². The Labute approximate surface area is 111 Å². The molecule has 0 spiro atoms. The van der Waals surface area contributed by atoms with Crippen molar-refractivity contribution in [1.82, 2.24) is 4.90 Å². The summed E-state index contributed by atoms with van der Waals surface area (Å²) in [6, 6.07) is 4.72. The lowest BCUT2D eigenvalue weighted by molar-refractivity contribution is -0.143. The van der Waals surface area contributed by atoms with Gasteiger partial charge < -0.3 is 9.84 Å². The van der Waals surface area contributed by atoms with Gasteiger partial charge in [0.1, 0.15) is 11.6 Å². The molecule has 1 aliphatic rings. The number of aliphatic carboxylic acids is 1. The Kier molecular flexibility index (Phi) is 4.37. The molecule has 1 heterocycles. The summed E-state index contributed by atoms with van der Waals surface area (Å²) in [5.41, 5.74) is 0.496. The maximum atomic E-state index is 13.8. The van der Waals surface area contributed by atoms with Crippen molar-refractivity contribution < 1.29 is 19.0 Å². The van der Waals surface area contributed by atoms with Crippen LogP contribution >= 0.6 is 0 Å². The van der Waals surface area contributed by atoms with Crippen LogP contribution in [0.3, 0.4) is 0 Å². The largest absolute Gasteiger partial charge is 0.496 e. The minimum Gasteiger partial charge on any atom is -0.496 e. The van der Waals surface area contributed by atoms with Gasteiger partial charge in [0.2, 0.25) is 0 Å². The van der Waals surface area contributed by atoms with E-state index in [4.69, 9.17) is 9.84 Å². The third-order valence-electron chi connectivity index (χ3n) is 3.53. The second-order valence-electron chi connectivity index (χ2n) is 4.83. The number of methoxy groups -OCH3 is 1. The van der Waals surface area contributed by atoms with Gasteiger partial charge in [-0.15, -0.1) is 0 Å². The minimum absolute atomic E-state index is 0.309. The highest BCUT2D eigenvalue weighted by atomic mass is 19.1. The quantitative estimate of drug-likeness (QED) is 0.908. The molecule has 19 heavy (non-hydrogen) atoms. The summed E-state index contributed by atoms with van der Waals surface area (Å²) < 4.78 is 19.0. The predicted molar refractivity (Wildman–Crippen MR) is 68.6 cm³/mol. The summed E-state index contributed by atoms with van der Waals surface area (Å²) in [6.45, 7) is 1.65. The number of rotatable bonds is 4. The van der Waals surface area contributed by atoms with Gasteiger partial charge in [-0.05, 0) is 31.5 Å². The number of ether oxygens (including phenoxy) is 1. The first-order chi connectivity index (χ1) is 9.11. The number of hydrogen-bond donors (Lipinski definition) is 1. The fourth-order valence-corrected chi connectivity index (χ4v) is 2.51. The van der Waals surface area contributed by atoms with Crippen molar-refractivity contribution in [3.63, 3.8) is 0 Å². The highest BCUT2D eigenvalue weighted by Gasteiger charge is 2.26. The number of piperidine rings is 1. The van der Waals surface area contributed by atoms with Gasteiger partial charge in [0, 0.05) is 18.7 Å². The van der Waals surface area contributed by atoms with Crippen LogP contribution in [0.25, 0.3) is 0 Å². The van der Waals surface area contributed by atoms with Gasteiger partial charge in [-0.2, -0.15) is 0 Å². The zero-order valence-electron chi connectivity index (χ0n) is 10.9. The third kappa shape index (κ3) is 3.23. The van der Waals surface area contributed by atoms with Crippen molar-refractivity contribution in [1.29, 1.82) is 0 Å². The number of carboxylic acids is 1. The second-order valence-corrected chi connectivity index (χ2v) is 4.83. The van der Waals surface area contributed by atoms with Crippen molar-refractivity contribution in [3.05, 3.63) is 29.6 Å². The first kappa shape index (κ1) is 13.8. The molecule has 0 amide bonds. The summed E-state index contributed by atoms with van der Waals surface area (Å²) in [5, 5.41) is 9.05. The van der Waals surface area contributed by atoms with E-state index < -0.39 is 5.97 Å². The topological polar surface area (TPSA) is 49.8 Å². The van der Waals surface area contributed by atoms with E-state index in [0.717, 1.165) is 13.0 Å². The summed E-state index contributed by atoms with van der Waals surface area (Å²) >= 11 is 0. The smallest absolute Gasteiger partial charge is 0.307 e. The number of carbonyl (C=O) groups is 1. The molecule has 4 nitrogen and oxygen atoms in total. The van der Waals surface area contributed by atoms with Gasteiger partial charge in [0.05, 0.1) is 13.0 Å². The summed E-state index contributed by atoms with van der Waals surface area (Å²) in [4.78, 5) is 13.0. The summed E-state index contributed by atoms with van der Waals surface area (Å²) in [6.07, 6.45) is 1.52. The van der Waals surface area contributed by atoms with Crippen LogP contribution in [0.2, 0.25) is 0 Å². The number of benzene rings is 1. The SMILES string of the molecule is COc1cccc(F)c1CN1CCCC(C(=O)O)C1. The number of likely N-dealkylation sites (tertiary alicyclic amines) is 1. The molecular weight excluding hydrogens is 249 g/mol. The molecular formula is C14H18FNO3. The molecule has 0 radical (unpaired) electrons. The first-order valence-corrected chi connectivity index (χ1v) is 6.38. The Morgan fingerprint density at radius 1 is 1.58 bits per heavy atom. The molecule has 1 saturated heterocycles. The Morgan fingerprint density at radius 2 is 2.37 bits per heavy atom. The molecule has 1 atom stereocenters. The Balaban J connectivity index is 2.10. The fourth-order valence-electron chi connectivity index (χ4n) is 2.51. The molecule has 0 aromatic heterocycles. The lowest BCUT2D eigenvalue weighted by Crippen LogP contribution is -2.38. The Bertz CT molecular complexity index is 464. The summed E-state index contributed by atoms with van der Waals surface area (Å²) in [7, 11) is 1.51. The number of halogens is 1.